The Kier molecular flexibility index (Phi) is 6.77. The topological polar surface area (TPSA) is 55.1 Å². The van der Waals surface area contributed by atoms with Crippen LogP contribution in [0.2, 0.25) is 0 Å². The Morgan fingerprint density at radius 3 is 2.88 bits per heavy atom. The third-order valence-electron chi connectivity index (χ3n) is 2.59. The lowest BCUT2D eigenvalue weighted by Crippen LogP contribution is -2.35. The molecule has 0 aliphatic carbocycles. The Labute approximate surface area is 115 Å². The van der Waals surface area contributed by atoms with Crippen molar-refractivity contribution in [2.24, 2.45) is 11.7 Å². The van der Waals surface area contributed by atoms with E-state index in [0.29, 0.717) is 13.1 Å². The van der Waals surface area contributed by atoms with E-state index in [2.05, 4.69) is 34.2 Å². The summed E-state index contributed by atoms with van der Waals surface area (Å²) in [6.45, 7) is 3.19. The molecule has 3 N–H and O–H groups in total. The fourth-order valence-electron chi connectivity index (χ4n) is 1.64. The molecule has 1 aromatic rings. The van der Waals surface area contributed by atoms with E-state index in [4.69, 9.17) is 5.73 Å². The molecule has 5 heteroatoms. The maximum Gasteiger partial charge on any atom is 0.224 e. The molecule has 0 fully saturated rings. The summed E-state index contributed by atoms with van der Waals surface area (Å²) in [5.74, 6) is 0.0556. The van der Waals surface area contributed by atoms with Crippen LogP contribution in [0, 0.1) is 5.92 Å². The van der Waals surface area contributed by atoms with Gasteiger partial charge in [0, 0.05) is 18.0 Å². The van der Waals surface area contributed by atoms with E-state index in [0.717, 1.165) is 23.0 Å². The number of nitrogens with one attached hydrogen (secondary N) is 1. The number of halogens is 1. The van der Waals surface area contributed by atoms with E-state index in [1.807, 2.05) is 6.07 Å². The Morgan fingerprint density at radius 2 is 2.35 bits per heavy atom. The molecule has 0 aromatic carbocycles. The van der Waals surface area contributed by atoms with Crippen molar-refractivity contribution in [1.29, 1.82) is 0 Å². The van der Waals surface area contributed by atoms with Gasteiger partial charge in [0.1, 0.15) is 0 Å². The lowest BCUT2D eigenvalue weighted by Gasteiger charge is -2.13. The molecule has 0 bridgehead atoms. The quantitative estimate of drug-likeness (QED) is 0.811. The highest BCUT2D eigenvalue weighted by molar-refractivity contribution is 9.11. The van der Waals surface area contributed by atoms with Crippen LogP contribution in [-0.4, -0.2) is 19.0 Å². The Morgan fingerprint density at radius 1 is 1.59 bits per heavy atom. The molecule has 1 rings (SSSR count). The average Bonchev–Trinajstić information content (AvgIpc) is 2.71. The monoisotopic (exact) mass is 318 g/mol. The second-order valence-corrected chi connectivity index (χ2v) is 6.52. The number of rotatable bonds is 7. The summed E-state index contributed by atoms with van der Waals surface area (Å²) < 4.78 is 1.13. The minimum Gasteiger partial charge on any atom is -0.355 e. The van der Waals surface area contributed by atoms with Crippen molar-refractivity contribution >= 4 is 33.2 Å². The summed E-state index contributed by atoms with van der Waals surface area (Å²) in [7, 11) is 0. The second-order valence-electron chi connectivity index (χ2n) is 3.97. The molecule has 0 aliphatic rings. The molecule has 0 spiro atoms. The van der Waals surface area contributed by atoms with Gasteiger partial charge in [-0.15, -0.1) is 11.3 Å². The van der Waals surface area contributed by atoms with Gasteiger partial charge in [-0.2, -0.15) is 0 Å². The van der Waals surface area contributed by atoms with Gasteiger partial charge in [-0.05, 0) is 40.9 Å². The van der Waals surface area contributed by atoms with Crippen LogP contribution >= 0.6 is 27.3 Å². The number of thiophene rings is 1. The first-order chi connectivity index (χ1) is 8.17. The lowest BCUT2D eigenvalue weighted by molar-refractivity contribution is -0.124. The van der Waals surface area contributed by atoms with E-state index >= 15 is 0 Å². The molecule has 0 saturated carbocycles. The molecule has 1 aromatic heterocycles. The van der Waals surface area contributed by atoms with Gasteiger partial charge < -0.3 is 11.1 Å². The number of hydrogen-bond acceptors (Lipinski definition) is 3. The van der Waals surface area contributed by atoms with E-state index in [9.17, 15) is 4.79 Å². The van der Waals surface area contributed by atoms with Crippen LogP contribution in [0.3, 0.4) is 0 Å². The summed E-state index contributed by atoms with van der Waals surface area (Å²) in [5.41, 5.74) is 5.58. The maximum atomic E-state index is 11.8. The van der Waals surface area contributed by atoms with Crippen LogP contribution in [0.4, 0.5) is 0 Å². The summed E-state index contributed by atoms with van der Waals surface area (Å²) in [6, 6.07) is 4.11. The Balaban J connectivity index is 2.28. The highest BCUT2D eigenvalue weighted by Crippen LogP contribution is 2.22. The van der Waals surface area contributed by atoms with Crippen molar-refractivity contribution < 1.29 is 4.79 Å². The van der Waals surface area contributed by atoms with Crippen LogP contribution in [0.25, 0.3) is 0 Å². The zero-order chi connectivity index (χ0) is 12.7. The molecule has 0 aliphatic heterocycles. The summed E-state index contributed by atoms with van der Waals surface area (Å²) >= 11 is 5.13. The van der Waals surface area contributed by atoms with Crippen LogP contribution in [0.1, 0.15) is 24.6 Å². The zero-order valence-electron chi connectivity index (χ0n) is 10.0. The number of carbonyl (C=O) groups is 1. The number of nitrogens with two attached hydrogens (primary N) is 1. The van der Waals surface area contributed by atoms with E-state index in [1.54, 1.807) is 11.3 Å². The minimum absolute atomic E-state index is 0.0323. The molecule has 1 unspecified atom stereocenters. The third kappa shape index (κ3) is 5.19. The summed E-state index contributed by atoms with van der Waals surface area (Å²) in [5, 5.41) is 2.95. The van der Waals surface area contributed by atoms with E-state index < -0.39 is 0 Å². The van der Waals surface area contributed by atoms with Crippen molar-refractivity contribution in [3.63, 3.8) is 0 Å². The fraction of sp³-hybridized carbons (Fsp3) is 0.583. The first-order valence-electron chi connectivity index (χ1n) is 5.89. The predicted molar refractivity (Wildman–Crippen MR) is 76.2 cm³/mol. The smallest absolute Gasteiger partial charge is 0.224 e. The maximum absolute atomic E-state index is 11.8. The molecular formula is C12H19BrN2OS. The lowest BCUT2D eigenvalue weighted by atomic mass is 10.0. The van der Waals surface area contributed by atoms with Crippen molar-refractivity contribution in [2.45, 2.75) is 26.2 Å². The van der Waals surface area contributed by atoms with Gasteiger partial charge in [0.15, 0.2) is 0 Å². The van der Waals surface area contributed by atoms with Gasteiger partial charge in [0.25, 0.3) is 0 Å². The summed E-state index contributed by atoms with van der Waals surface area (Å²) in [6.07, 6.45) is 2.74. The molecule has 1 amide bonds. The second kappa shape index (κ2) is 7.84. The standard InChI is InChI=1S/C12H19BrN2OS/c1-2-3-9(8-14)12(16)15-7-6-10-4-5-11(13)17-10/h4-5,9H,2-3,6-8,14H2,1H3,(H,15,16). The predicted octanol–water partition coefficient (Wildman–Crippen LogP) is 2.54. The first-order valence-corrected chi connectivity index (χ1v) is 7.50. The number of amides is 1. The van der Waals surface area contributed by atoms with Crippen LogP contribution < -0.4 is 11.1 Å². The highest BCUT2D eigenvalue weighted by atomic mass is 79.9. The van der Waals surface area contributed by atoms with Gasteiger partial charge in [-0.25, -0.2) is 0 Å². The molecule has 96 valence electrons. The van der Waals surface area contributed by atoms with Crippen molar-refractivity contribution in [3.05, 3.63) is 20.8 Å². The summed E-state index contributed by atoms with van der Waals surface area (Å²) in [4.78, 5) is 13.0. The molecule has 1 heterocycles. The highest BCUT2D eigenvalue weighted by Gasteiger charge is 2.14. The fourth-order valence-corrected chi connectivity index (χ4v) is 3.13. The molecule has 1 atom stereocenters. The molecule has 3 nitrogen and oxygen atoms in total. The molecule has 0 saturated heterocycles. The number of hydrogen-bond donors (Lipinski definition) is 2. The van der Waals surface area contributed by atoms with Crippen molar-refractivity contribution in [1.82, 2.24) is 5.32 Å². The molecular weight excluding hydrogens is 300 g/mol. The van der Waals surface area contributed by atoms with Crippen LogP contribution in [0.5, 0.6) is 0 Å². The Bertz CT molecular complexity index is 354. The van der Waals surface area contributed by atoms with Crippen LogP contribution in [-0.2, 0) is 11.2 Å². The Hall–Kier alpha value is -0.390. The van der Waals surface area contributed by atoms with Crippen LogP contribution in [0.15, 0.2) is 15.9 Å². The minimum atomic E-state index is -0.0323. The molecule has 0 radical (unpaired) electrons. The normalized spacial score (nSPS) is 12.4. The number of carbonyl (C=O) groups excluding carboxylic acids is 1. The largest absolute Gasteiger partial charge is 0.355 e. The van der Waals surface area contributed by atoms with E-state index in [1.165, 1.54) is 4.88 Å². The van der Waals surface area contributed by atoms with Crippen molar-refractivity contribution in [3.8, 4) is 0 Å². The van der Waals surface area contributed by atoms with Gasteiger partial charge in [-0.3, -0.25) is 4.79 Å². The van der Waals surface area contributed by atoms with Gasteiger partial charge in [0.2, 0.25) is 5.91 Å². The van der Waals surface area contributed by atoms with Gasteiger partial charge >= 0.3 is 0 Å². The molecule has 17 heavy (non-hydrogen) atoms. The van der Waals surface area contributed by atoms with Gasteiger partial charge in [0.05, 0.1) is 9.70 Å². The average molecular weight is 319 g/mol. The third-order valence-corrected chi connectivity index (χ3v) is 4.28. The first kappa shape index (κ1) is 14.7. The van der Waals surface area contributed by atoms with E-state index in [-0.39, 0.29) is 11.8 Å². The van der Waals surface area contributed by atoms with Crippen molar-refractivity contribution in [2.75, 3.05) is 13.1 Å². The SMILES string of the molecule is CCCC(CN)C(=O)NCCc1ccc(Br)s1. The zero-order valence-corrected chi connectivity index (χ0v) is 12.4. The van der Waals surface area contributed by atoms with Gasteiger partial charge in [-0.1, -0.05) is 13.3 Å².